The summed E-state index contributed by atoms with van der Waals surface area (Å²) in [6, 6.07) is 14.3. The lowest BCUT2D eigenvalue weighted by atomic mass is 9.92. The van der Waals surface area contributed by atoms with Gasteiger partial charge in [-0.3, -0.25) is 9.78 Å². The number of pyridine rings is 1. The Balaban J connectivity index is 1.79. The van der Waals surface area contributed by atoms with Crippen molar-refractivity contribution in [1.82, 2.24) is 4.98 Å². The van der Waals surface area contributed by atoms with Crippen LogP contribution in [0, 0.1) is 5.82 Å². The Morgan fingerprint density at radius 1 is 1.16 bits per heavy atom. The summed E-state index contributed by atoms with van der Waals surface area (Å²) < 4.78 is 13.6. The first-order chi connectivity index (χ1) is 14.9. The number of fused-ring (bicyclic) bond motifs is 1. The van der Waals surface area contributed by atoms with Crippen LogP contribution in [-0.2, 0) is 4.79 Å². The average molecular weight is 419 g/mol. The summed E-state index contributed by atoms with van der Waals surface area (Å²) in [4.78, 5) is 16.1. The molecule has 2 unspecified atom stereocenters. The molecule has 1 aromatic heterocycles. The number of aliphatic hydroxyl groups is 2. The van der Waals surface area contributed by atoms with Crippen molar-refractivity contribution in [2.75, 3.05) is 0 Å². The number of nitrogens with zero attached hydrogens (tertiary/aromatic N) is 1. The monoisotopic (exact) mass is 419 g/mol. The van der Waals surface area contributed by atoms with Crippen LogP contribution in [0.5, 0.6) is 0 Å². The van der Waals surface area contributed by atoms with E-state index in [0.717, 1.165) is 46.1 Å². The molecule has 5 heteroatoms. The highest BCUT2D eigenvalue weighted by Gasteiger charge is 2.29. The molecule has 0 amide bonds. The molecule has 3 aromatic rings. The van der Waals surface area contributed by atoms with E-state index in [9.17, 15) is 19.4 Å². The Hall–Kier alpha value is -2.89. The third kappa shape index (κ3) is 5.06. The number of hydrogen-bond donors (Lipinski definition) is 2. The number of rotatable bonds is 8. The number of Topliss-reactive ketones (excluding diaryl/α,β-unsaturated/α-hetero) is 1. The highest BCUT2D eigenvalue weighted by Crippen LogP contribution is 2.45. The van der Waals surface area contributed by atoms with Crippen LogP contribution in [0.1, 0.15) is 49.8 Å². The molecule has 31 heavy (non-hydrogen) atoms. The summed E-state index contributed by atoms with van der Waals surface area (Å²) in [5.74, 6) is -0.0440. The van der Waals surface area contributed by atoms with E-state index in [1.165, 1.54) is 19.1 Å². The van der Waals surface area contributed by atoms with Crippen LogP contribution in [-0.4, -0.2) is 33.2 Å². The van der Waals surface area contributed by atoms with Gasteiger partial charge in [0.05, 0.1) is 23.4 Å². The third-order valence-electron chi connectivity index (χ3n) is 5.58. The molecule has 2 aromatic carbocycles. The van der Waals surface area contributed by atoms with Crippen molar-refractivity contribution in [3.05, 3.63) is 71.7 Å². The molecule has 0 aliphatic heterocycles. The van der Waals surface area contributed by atoms with Crippen LogP contribution in [0.15, 0.2) is 54.6 Å². The smallest absolute Gasteiger partial charge is 0.132 e. The van der Waals surface area contributed by atoms with Crippen molar-refractivity contribution >= 4 is 22.8 Å². The molecule has 1 aliphatic rings. The van der Waals surface area contributed by atoms with E-state index in [2.05, 4.69) is 0 Å². The average Bonchev–Trinajstić information content (AvgIpc) is 3.56. The van der Waals surface area contributed by atoms with E-state index < -0.39 is 12.2 Å². The third-order valence-corrected chi connectivity index (χ3v) is 5.58. The number of halogens is 1. The van der Waals surface area contributed by atoms with Crippen LogP contribution in [0.4, 0.5) is 4.39 Å². The lowest BCUT2D eigenvalue weighted by Crippen LogP contribution is -2.18. The Kier molecular flexibility index (Phi) is 6.25. The van der Waals surface area contributed by atoms with Gasteiger partial charge in [0.15, 0.2) is 0 Å². The largest absolute Gasteiger partial charge is 0.393 e. The maximum Gasteiger partial charge on any atom is 0.132 e. The van der Waals surface area contributed by atoms with Crippen molar-refractivity contribution in [3.63, 3.8) is 0 Å². The Morgan fingerprint density at radius 3 is 2.55 bits per heavy atom. The summed E-state index contributed by atoms with van der Waals surface area (Å²) in [6.07, 6.45) is 3.97. The molecule has 1 heterocycles. The van der Waals surface area contributed by atoms with Gasteiger partial charge in [-0.1, -0.05) is 42.5 Å². The van der Waals surface area contributed by atoms with Gasteiger partial charge < -0.3 is 10.2 Å². The summed E-state index contributed by atoms with van der Waals surface area (Å²) in [6.45, 7) is 1.42. The first-order valence-electron chi connectivity index (χ1n) is 10.6. The zero-order valence-electron chi connectivity index (χ0n) is 17.5. The number of aliphatic hydroxyl groups excluding tert-OH is 2. The molecular formula is C26H26FNO3. The SMILES string of the molecule is CC(=O)CC(O)CC(O)/C=C/c1c(C2CC2)nc2ccccc2c1-c1ccc(F)cc1. The van der Waals surface area contributed by atoms with E-state index in [0.29, 0.717) is 5.92 Å². The topological polar surface area (TPSA) is 70.4 Å². The fourth-order valence-corrected chi connectivity index (χ4v) is 3.99. The minimum atomic E-state index is -0.894. The molecule has 4 nitrogen and oxygen atoms in total. The maximum atomic E-state index is 13.6. The highest BCUT2D eigenvalue weighted by atomic mass is 19.1. The van der Waals surface area contributed by atoms with Gasteiger partial charge in [0.1, 0.15) is 11.6 Å². The Morgan fingerprint density at radius 2 is 1.87 bits per heavy atom. The van der Waals surface area contributed by atoms with Crippen molar-refractivity contribution in [2.24, 2.45) is 0 Å². The first-order valence-corrected chi connectivity index (χ1v) is 10.6. The van der Waals surface area contributed by atoms with Gasteiger partial charge in [-0.15, -0.1) is 0 Å². The fraction of sp³-hybridized carbons (Fsp3) is 0.308. The number of benzene rings is 2. The van der Waals surface area contributed by atoms with Crippen LogP contribution in [0.2, 0.25) is 0 Å². The number of aromatic nitrogens is 1. The van der Waals surface area contributed by atoms with Gasteiger partial charge in [0.2, 0.25) is 0 Å². The molecule has 2 atom stereocenters. The van der Waals surface area contributed by atoms with Gasteiger partial charge in [0.25, 0.3) is 0 Å². The molecule has 4 rings (SSSR count). The van der Waals surface area contributed by atoms with Gasteiger partial charge in [-0.2, -0.15) is 0 Å². The standard InChI is InChI=1S/C26H26FNO3/c1-16(29)14-21(31)15-20(30)12-13-23-25(17-8-10-19(27)11-9-17)22-4-2-3-5-24(22)28-26(23)18-6-7-18/h2-5,8-13,18,20-21,30-31H,6-7,14-15H2,1H3/b13-12+. The number of para-hydroxylation sites is 1. The molecule has 2 N–H and O–H groups in total. The Bertz CT molecular complexity index is 1120. The van der Waals surface area contributed by atoms with Crippen LogP contribution >= 0.6 is 0 Å². The first kappa shape index (κ1) is 21.3. The highest BCUT2D eigenvalue weighted by molar-refractivity contribution is 5.99. The minimum absolute atomic E-state index is 0.0244. The lowest BCUT2D eigenvalue weighted by Gasteiger charge is -2.16. The van der Waals surface area contributed by atoms with E-state index in [1.54, 1.807) is 18.2 Å². The van der Waals surface area contributed by atoms with Crippen molar-refractivity contribution < 1.29 is 19.4 Å². The summed E-state index contributed by atoms with van der Waals surface area (Å²) >= 11 is 0. The zero-order chi connectivity index (χ0) is 22.0. The second kappa shape index (κ2) is 9.08. The Labute approximate surface area is 181 Å². The quantitative estimate of drug-likeness (QED) is 0.538. The normalized spacial score (nSPS) is 16.0. The fourth-order valence-electron chi connectivity index (χ4n) is 3.99. The van der Waals surface area contributed by atoms with E-state index in [4.69, 9.17) is 4.98 Å². The van der Waals surface area contributed by atoms with Crippen LogP contribution in [0.3, 0.4) is 0 Å². The molecule has 0 saturated heterocycles. The number of ketones is 1. The van der Waals surface area contributed by atoms with Gasteiger partial charge in [-0.25, -0.2) is 4.39 Å². The molecule has 0 bridgehead atoms. The molecule has 1 fully saturated rings. The van der Waals surface area contributed by atoms with Gasteiger partial charge in [-0.05, 0) is 43.5 Å². The number of hydrogen-bond acceptors (Lipinski definition) is 4. The van der Waals surface area contributed by atoms with E-state index >= 15 is 0 Å². The van der Waals surface area contributed by atoms with E-state index in [-0.39, 0.29) is 24.4 Å². The van der Waals surface area contributed by atoms with Crippen molar-refractivity contribution in [2.45, 2.75) is 50.7 Å². The molecule has 1 aliphatic carbocycles. The second-order valence-corrected chi connectivity index (χ2v) is 8.31. The van der Waals surface area contributed by atoms with Crippen LogP contribution < -0.4 is 0 Å². The maximum absolute atomic E-state index is 13.6. The molecule has 0 radical (unpaired) electrons. The van der Waals surface area contributed by atoms with Crippen LogP contribution in [0.25, 0.3) is 28.1 Å². The predicted molar refractivity (Wildman–Crippen MR) is 120 cm³/mol. The van der Waals surface area contributed by atoms with Crippen molar-refractivity contribution in [1.29, 1.82) is 0 Å². The molecule has 0 spiro atoms. The zero-order valence-corrected chi connectivity index (χ0v) is 17.5. The van der Waals surface area contributed by atoms with Gasteiger partial charge >= 0.3 is 0 Å². The summed E-state index contributed by atoms with van der Waals surface area (Å²) in [5, 5.41) is 21.4. The van der Waals surface area contributed by atoms with Crippen molar-refractivity contribution in [3.8, 4) is 11.1 Å². The van der Waals surface area contributed by atoms with E-state index in [1.807, 2.05) is 30.3 Å². The lowest BCUT2D eigenvalue weighted by molar-refractivity contribution is -0.119. The predicted octanol–water partition coefficient (Wildman–Crippen LogP) is 5.02. The van der Waals surface area contributed by atoms with Gasteiger partial charge in [0, 0.05) is 35.3 Å². The number of carbonyl (C=O) groups excluding carboxylic acids is 1. The molecular weight excluding hydrogens is 393 g/mol. The molecule has 1 saturated carbocycles. The second-order valence-electron chi connectivity index (χ2n) is 8.31. The number of carbonyl (C=O) groups is 1. The summed E-state index contributed by atoms with van der Waals surface area (Å²) in [5.41, 5.74) is 4.62. The summed E-state index contributed by atoms with van der Waals surface area (Å²) in [7, 11) is 0. The minimum Gasteiger partial charge on any atom is -0.393 e. The molecule has 160 valence electrons.